The molecule has 60 heavy (non-hydrogen) atoms. The summed E-state index contributed by atoms with van der Waals surface area (Å²) in [5.74, 6) is 3.69. The quantitative estimate of drug-likeness (QED) is 0.129. The third-order valence-corrected chi connectivity index (χ3v) is 12.3. The van der Waals surface area contributed by atoms with Gasteiger partial charge in [0.1, 0.15) is 34.1 Å². The molecule has 0 unspecified atom stereocenters. The van der Waals surface area contributed by atoms with Crippen LogP contribution in [0.3, 0.4) is 0 Å². The molecule has 11 rings (SSSR count). The summed E-state index contributed by atoms with van der Waals surface area (Å²) in [7, 11) is 0. The van der Waals surface area contributed by atoms with Crippen molar-refractivity contribution < 1.29 is 9.47 Å². The Morgan fingerprint density at radius 2 is 0.783 bits per heavy atom. The number of rotatable bonds is 10. The summed E-state index contributed by atoms with van der Waals surface area (Å²) < 4.78 is 13.4. The predicted octanol–water partition coefficient (Wildman–Crippen LogP) is 9.38. The highest BCUT2D eigenvalue weighted by Crippen LogP contribution is 2.41. The first-order chi connectivity index (χ1) is 29.7. The number of hydrogen-bond acceptors (Lipinski definition) is 10. The van der Waals surface area contributed by atoms with E-state index in [-0.39, 0.29) is 0 Å². The Hall–Kier alpha value is -6.24. The highest BCUT2D eigenvalue weighted by Gasteiger charge is 2.24. The third kappa shape index (κ3) is 7.03. The van der Waals surface area contributed by atoms with Crippen LogP contribution in [0.5, 0.6) is 11.5 Å². The molecule has 2 fully saturated rings. The summed E-state index contributed by atoms with van der Waals surface area (Å²) >= 11 is 0. The minimum absolute atomic E-state index is 0.551. The van der Waals surface area contributed by atoms with Gasteiger partial charge in [0.2, 0.25) is 0 Å². The highest BCUT2D eigenvalue weighted by atomic mass is 16.5. The van der Waals surface area contributed by atoms with Gasteiger partial charge < -0.3 is 29.2 Å². The zero-order chi connectivity index (χ0) is 39.8. The first-order valence-corrected chi connectivity index (χ1v) is 21.7. The number of nitrogens with one attached hydrogen (secondary N) is 2. The molecule has 12 nitrogen and oxygen atoms in total. The summed E-state index contributed by atoms with van der Waals surface area (Å²) in [6.07, 6.45) is 9.58. The highest BCUT2D eigenvalue weighted by molar-refractivity contribution is 6.12. The molecule has 0 spiro atoms. The summed E-state index contributed by atoms with van der Waals surface area (Å²) in [5.41, 5.74) is 6.10. The maximum absolute atomic E-state index is 6.72. The second kappa shape index (κ2) is 16.1. The Bertz CT molecular complexity index is 2700. The molecular weight excluding hydrogens is 749 g/mol. The second-order valence-corrected chi connectivity index (χ2v) is 16.3. The van der Waals surface area contributed by atoms with Crippen molar-refractivity contribution in [1.29, 1.82) is 0 Å². The third-order valence-electron chi connectivity index (χ3n) is 12.3. The van der Waals surface area contributed by atoms with Gasteiger partial charge in [0.25, 0.3) is 0 Å². The molecule has 4 aromatic carbocycles. The molecule has 0 saturated carbocycles. The molecule has 4 aliphatic rings. The van der Waals surface area contributed by atoms with Crippen molar-refractivity contribution in [2.75, 3.05) is 52.5 Å². The molecule has 12 heteroatoms. The van der Waals surface area contributed by atoms with Crippen LogP contribution in [0.15, 0.2) is 84.9 Å². The van der Waals surface area contributed by atoms with Crippen molar-refractivity contribution >= 4 is 44.1 Å². The van der Waals surface area contributed by atoms with Gasteiger partial charge >= 0.3 is 0 Å². The standard InChI is InChI=1S/C48H48N10O2/c1-9-23-57(24-10-1)27-13-29-59-37-21-22-38(60-30-14-28-58-25-11-2-12-26-58)40-39(37)47-54-45-35-19-7-5-17-33(35)43(52-45)50-41-31-15-3-4-16-32(31)42(49-41)51-44-34-18-6-8-20-36(34)46(53-44)55-48(40)56-47/h3-8,15-22H,1-2,9-14,23-30H2,(H2,49,50,51,52,53,54,55,56). The van der Waals surface area contributed by atoms with Crippen LogP contribution >= 0.6 is 0 Å². The molecule has 3 aromatic heterocycles. The van der Waals surface area contributed by atoms with E-state index >= 15 is 0 Å². The van der Waals surface area contributed by atoms with E-state index in [2.05, 4.69) is 44.0 Å². The van der Waals surface area contributed by atoms with Crippen molar-refractivity contribution in [2.24, 2.45) is 0 Å². The molecule has 0 amide bonds. The summed E-state index contributed by atoms with van der Waals surface area (Å²) in [6, 6.07) is 28.4. The number of piperidine rings is 2. The maximum atomic E-state index is 6.72. The SMILES string of the molecule is c1ccc2c(c1)-c1nc-2nc2[nH]c(nc3nc(nc4[nH]c(n1)c1ccccc41)-c1ccccc1-3)c1c(OCCCN3CCCCC3)ccc(OCCCN3CCCCC3)c21. The molecule has 2 saturated heterocycles. The van der Waals surface area contributed by atoms with E-state index in [9.17, 15) is 0 Å². The number of benzene rings is 4. The zero-order valence-corrected chi connectivity index (χ0v) is 33.8. The second-order valence-electron chi connectivity index (χ2n) is 16.3. The minimum Gasteiger partial charge on any atom is -0.493 e. The van der Waals surface area contributed by atoms with E-state index in [0.717, 1.165) is 107 Å². The van der Waals surface area contributed by atoms with Gasteiger partial charge in [-0.05, 0) is 76.8 Å². The Morgan fingerprint density at radius 3 is 1.20 bits per heavy atom. The van der Waals surface area contributed by atoms with Gasteiger partial charge in [-0.3, -0.25) is 0 Å². The van der Waals surface area contributed by atoms with E-state index in [1.807, 2.05) is 60.7 Å². The number of H-pyrrole nitrogens is 2. The van der Waals surface area contributed by atoms with E-state index in [1.165, 1.54) is 38.5 Å². The number of aromatic nitrogens is 8. The van der Waals surface area contributed by atoms with E-state index in [1.54, 1.807) is 0 Å². The van der Waals surface area contributed by atoms with E-state index < -0.39 is 0 Å². The summed E-state index contributed by atoms with van der Waals surface area (Å²) in [5, 5.41) is 3.49. The van der Waals surface area contributed by atoms with Crippen molar-refractivity contribution in [3.05, 3.63) is 84.9 Å². The lowest BCUT2D eigenvalue weighted by Crippen LogP contribution is -2.31. The van der Waals surface area contributed by atoms with Crippen LogP contribution in [-0.2, 0) is 0 Å². The molecule has 4 aliphatic heterocycles. The number of likely N-dealkylation sites (tertiary alicyclic amines) is 2. The van der Waals surface area contributed by atoms with Gasteiger partial charge in [0, 0.05) is 46.1 Å². The first kappa shape index (κ1) is 36.8. The lowest BCUT2D eigenvalue weighted by Gasteiger charge is -2.26. The van der Waals surface area contributed by atoms with Crippen LogP contribution in [0.25, 0.3) is 89.7 Å². The number of hydrogen-bond donors (Lipinski definition) is 2. The summed E-state index contributed by atoms with van der Waals surface area (Å²) in [6.45, 7) is 7.83. The Kier molecular flexibility index (Phi) is 9.86. The molecule has 0 atom stereocenters. The largest absolute Gasteiger partial charge is 0.493 e. The number of aromatic amines is 2. The number of fused-ring (bicyclic) bond motifs is 20. The molecule has 7 aromatic rings. The fraction of sp³-hybridized carbons (Fsp3) is 0.333. The van der Waals surface area contributed by atoms with Gasteiger partial charge in [-0.25, -0.2) is 29.9 Å². The lowest BCUT2D eigenvalue weighted by atomic mass is 10.1. The monoisotopic (exact) mass is 796 g/mol. The van der Waals surface area contributed by atoms with Crippen LogP contribution < -0.4 is 9.47 Å². The minimum atomic E-state index is 0.551. The zero-order valence-electron chi connectivity index (χ0n) is 33.8. The van der Waals surface area contributed by atoms with Crippen molar-refractivity contribution in [2.45, 2.75) is 51.4 Å². The Balaban J connectivity index is 1.13. The summed E-state index contributed by atoms with van der Waals surface area (Å²) in [4.78, 5) is 43.4. The van der Waals surface area contributed by atoms with Crippen LogP contribution in [0.1, 0.15) is 51.4 Å². The smallest absolute Gasteiger partial charge is 0.164 e. The van der Waals surface area contributed by atoms with Gasteiger partial charge in [0.05, 0.1) is 24.0 Å². The fourth-order valence-corrected chi connectivity index (χ4v) is 9.26. The molecule has 7 heterocycles. The first-order valence-electron chi connectivity index (χ1n) is 21.7. The average Bonchev–Trinajstić information content (AvgIpc) is 4.04. The molecule has 0 radical (unpaired) electrons. The van der Waals surface area contributed by atoms with E-state index in [0.29, 0.717) is 59.1 Å². The van der Waals surface area contributed by atoms with Crippen LogP contribution in [0.4, 0.5) is 0 Å². The number of nitrogens with zero attached hydrogens (tertiary/aromatic N) is 8. The van der Waals surface area contributed by atoms with Crippen LogP contribution in [-0.4, -0.2) is 102 Å². The topological polar surface area (TPSA) is 134 Å². The number of ether oxygens (including phenoxy) is 2. The molecular formula is C48H48N10O2. The van der Waals surface area contributed by atoms with Crippen LogP contribution in [0.2, 0.25) is 0 Å². The van der Waals surface area contributed by atoms with Gasteiger partial charge in [-0.2, -0.15) is 0 Å². The van der Waals surface area contributed by atoms with Crippen molar-refractivity contribution in [3.8, 4) is 57.1 Å². The predicted molar refractivity (Wildman–Crippen MR) is 237 cm³/mol. The van der Waals surface area contributed by atoms with Crippen LogP contribution in [0, 0.1) is 0 Å². The normalized spacial score (nSPS) is 15.6. The Morgan fingerprint density at radius 1 is 0.417 bits per heavy atom. The fourth-order valence-electron chi connectivity index (χ4n) is 9.26. The molecule has 2 N–H and O–H groups in total. The van der Waals surface area contributed by atoms with Gasteiger partial charge in [-0.1, -0.05) is 85.6 Å². The van der Waals surface area contributed by atoms with Crippen molar-refractivity contribution in [1.82, 2.24) is 49.7 Å². The molecule has 0 aliphatic carbocycles. The Labute approximate surface area is 348 Å². The lowest BCUT2D eigenvalue weighted by molar-refractivity contribution is 0.204. The van der Waals surface area contributed by atoms with E-state index in [4.69, 9.17) is 39.4 Å². The maximum Gasteiger partial charge on any atom is 0.164 e. The molecule has 302 valence electrons. The van der Waals surface area contributed by atoms with Crippen molar-refractivity contribution in [3.63, 3.8) is 0 Å². The molecule has 8 bridgehead atoms. The van der Waals surface area contributed by atoms with Gasteiger partial charge in [-0.15, -0.1) is 0 Å². The average molecular weight is 797 g/mol. The van der Waals surface area contributed by atoms with Gasteiger partial charge in [0.15, 0.2) is 23.3 Å².